The van der Waals surface area contributed by atoms with E-state index in [1.165, 1.54) is 29.2 Å². The van der Waals surface area contributed by atoms with Crippen molar-refractivity contribution in [2.75, 3.05) is 37.6 Å². The van der Waals surface area contributed by atoms with Crippen molar-refractivity contribution in [3.63, 3.8) is 0 Å². The number of carbonyl (C=O) groups excluding carboxylic acids is 2. The molecule has 0 spiro atoms. The molecule has 0 N–H and O–H groups in total. The lowest BCUT2D eigenvalue weighted by atomic mass is 10.2. The van der Waals surface area contributed by atoms with Gasteiger partial charge in [-0.05, 0) is 42.8 Å². The fourth-order valence-corrected chi connectivity index (χ4v) is 3.97. The van der Waals surface area contributed by atoms with Crippen LogP contribution in [0.3, 0.4) is 0 Å². The molecule has 7 nitrogen and oxygen atoms in total. The number of hydrazone groups is 1. The van der Waals surface area contributed by atoms with Crippen LogP contribution in [0, 0.1) is 6.92 Å². The van der Waals surface area contributed by atoms with E-state index in [0.29, 0.717) is 29.2 Å². The zero-order valence-corrected chi connectivity index (χ0v) is 19.7. The summed E-state index contributed by atoms with van der Waals surface area (Å²) in [6, 6.07) is 18.8. The van der Waals surface area contributed by atoms with Gasteiger partial charge in [0.05, 0.1) is 6.21 Å². The lowest BCUT2D eigenvalue weighted by Gasteiger charge is -2.36. The minimum absolute atomic E-state index is 0.150. The molecule has 0 bridgehead atoms. The third-order valence-electron chi connectivity index (χ3n) is 5.69. The number of aryl methyl sites for hydroxylation is 1. The Bertz CT molecular complexity index is 1180. The molecule has 0 unspecified atom stereocenters. The number of nitrogens with zero attached hydrogens (tertiary/aromatic N) is 5. The predicted molar refractivity (Wildman–Crippen MR) is 134 cm³/mol. The standard InChI is InChI=1S/C26H26ClN5O2/c1-20-5-4-7-23(17-20)30-13-15-31(16-14-30)25(33)19-32(26(34)21-9-11-28-12-10-21)29-18-22-6-2-3-8-24(22)27/h2-12,17-18H,13-16,19H2,1H3/b29-18+. The number of hydrogen-bond donors (Lipinski definition) is 0. The summed E-state index contributed by atoms with van der Waals surface area (Å²) in [7, 11) is 0. The number of benzene rings is 2. The molecule has 2 amide bonds. The normalized spacial score (nSPS) is 13.8. The number of aromatic nitrogens is 1. The van der Waals surface area contributed by atoms with E-state index in [4.69, 9.17) is 11.6 Å². The maximum absolute atomic E-state index is 13.1. The maximum Gasteiger partial charge on any atom is 0.274 e. The molecule has 1 aliphatic heterocycles. The lowest BCUT2D eigenvalue weighted by molar-refractivity contribution is -0.132. The van der Waals surface area contributed by atoms with Gasteiger partial charge in [0.25, 0.3) is 5.91 Å². The van der Waals surface area contributed by atoms with Crippen molar-refractivity contribution in [2.24, 2.45) is 5.10 Å². The Morgan fingerprint density at radius 1 is 1.03 bits per heavy atom. The quantitative estimate of drug-likeness (QED) is 0.401. The highest BCUT2D eigenvalue weighted by molar-refractivity contribution is 6.33. The zero-order valence-electron chi connectivity index (χ0n) is 19.0. The second kappa shape index (κ2) is 10.9. The van der Waals surface area contributed by atoms with Gasteiger partial charge in [0, 0.05) is 60.4 Å². The fourth-order valence-electron chi connectivity index (χ4n) is 3.79. The number of pyridine rings is 1. The Balaban J connectivity index is 1.46. The third-order valence-corrected chi connectivity index (χ3v) is 6.03. The highest BCUT2D eigenvalue weighted by Gasteiger charge is 2.25. The summed E-state index contributed by atoms with van der Waals surface area (Å²) in [5, 5.41) is 6.04. The van der Waals surface area contributed by atoms with E-state index in [9.17, 15) is 9.59 Å². The number of carbonyl (C=O) groups is 2. The SMILES string of the molecule is Cc1cccc(N2CCN(C(=O)CN(/N=C/c3ccccc3Cl)C(=O)c3ccncc3)CC2)c1. The molecule has 0 atom stereocenters. The molecule has 0 aliphatic carbocycles. The Kier molecular flexibility index (Phi) is 7.54. The minimum atomic E-state index is -0.377. The van der Waals surface area contributed by atoms with Crippen molar-refractivity contribution < 1.29 is 9.59 Å². The van der Waals surface area contributed by atoms with Crippen molar-refractivity contribution in [1.82, 2.24) is 14.9 Å². The molecule has 4 rings (SSSR count). The van der Waals surface area contributed by atoms with Gasteiger partial charge >= 0.3 is 0 Å². The second-order valence-corrected chi connectivity index (χ2v) is 8.48. The number of halogens is 1. The molecule has 1 aromatic heterocycles. The highest BCUT2D eigenvalue weighted by atomic mass is 35.5. The van der Waals surface area contributed by atoms with Crippen LogP contribution in [0.25, 0.3) is 0 Å². The Morgan fingerprint density at radius 3 is 2.47 bits per heavy atom. The second-order valence-electron chi connectivity index (χ2n) is 8.07. The Labute approximate surface area is 204 Å². The van der Waals surface area contributed by atoms with Gasteiger partial charge in [0.2, 0.25) is 5.91 Å². The van der Waals surface area contributed by atoms with Gasteiger partial charge in [-0.1, -0.05) is 41.9 Å². The van der Waals surface area contributed by atoms with Crippen LogP contribution in [0.4, 0.5) is 5.69 Å². The third kappa shape index (κ3) is 5.80. The van der Waals surface area contributed by atoms with Gasteiger partial charge in [0.1, 0.15) is 6.54 Å². The van der Waals surface area contributed by atoms with Gasteiger partial charge in [-0.3, -0.25) is 14.6 Å². The molecule has 34 heavy (non-hydrogen) atoms. The zero-order chi connectivity index (χ0) is 23.9. The average Bonchev–Trinajstić information content (AvgIpc) is 2.87. The minimum Gasteiger partial charge on any atom is -0.368 e. The van der Waals surface area contributed by atoms with E-state index in [0.717, 1.165) is 18.8 Å². The molecule has 174 valence electrons. The Morgan fingerprint density at radius 2 is 1.76 bits per heavy atom. The van der Waals surface area contributed by atoms with Crippen molar-refractivity contribution in [1.29, 1.82) is 0 Å². The number of rotatable bonds is 6. The van der Waals surface area contributed by atoms with E-state index in [1.807, 2.05) is 18.2 Å². The lowest BCUT2D eigenvalue weighted by Crippen LogP contribution is -2.51. The first-order valence-electron chi connectivity index (χ1n) is 11.1. The first-order chi connectivity index (χ1) is 16.5. The molecule has 1 fully saturated rings. The van der Waals surface area contributed by atoms with E-state index in [-0.39, 0.29) is 18.4 Å². The van der Waals surface area contributed by atoms with Crippen LogP contribution in [0.2, 0.25) is 5.02 Å². The van der Waals surface area contributed by atoms with Crippen LogP contribution in [-0.4, -0.2) is 65.6 Å². The summed E-state index contributed by atoms with van der Waals surface area (Å²) in [5.41, 5.74) is 3.43. The topological polar surface area (TPSA) is 69.1 Å². The summed E-state index contributed by atoms with van der Waals surface area (Å²) >= 11 is 6.22. The largest absolute Gasteiger partial charge is 0.368 e. The predicted octanol–water partition coefficient (Wildman–Crippen LogP) is 3.87. The van der Waals surface area contributed by atoms with Crippen molar-refractivity contribution >= 4 is 35.3 Å². The Hall–Kier alpha value is -3.71. The molecule has 0 saturated carbocycles. The van der Waals surface area contributed by atoms with Gasteiger partial charge < -0.3 is 9.80 Å². The molecule has 8 heteroatoms. The van der Waals surface area contributed by atoms with Crippen molar-refractivity contribution in [2.45, 2.75) is 6.92 Å². The maximum atomic E-state index is 13.1. The molecule has 3 aromatic rings. The molecular weight excluding hydrogens is 450 g/mol. The summed E-state index contributed by atoms with van der Waals surface area (Å²) in [5.74, 6) is -0.528. The molecule has 1 aliphatic rings. The van der Waals surface area contributed by atoms with E-state index in [1.54, 1.807) is 29.2 Å². The van der Waals surface area contributed by atoms with Crippen LogP contribution in [0.1, 0.15) is 21.5 Å². The number of amides is 2. The van der Waals surface area contributed by atoms with Crippen LogP contribution in [-0.2, 0) is 4.79 Å². The summed E-state index contributed by atoms with van der Waals surface area (Å²) in [4.78, 5) is 34.2. The smallest absolute Gasteiger partial charge is 0.274 e. The van der Waals surface area contributed by atoms with Crippen LogP contribution >= 0.6 is 11.6 Å². The van der Waals surface area contributed by atoms with Crippen molar-refractivity contribution in [3.05, 3.63) is 94.8 Å². The fraction of sp³-hybridized carbons (Fsp3) is 0.231. The van der Waals surface area contributed by atoms with Crippen LogP contribution < -0.4 is 4.90 Å². The summed E-state index contributed by atoms with van der Waals surface area (Å²) < 4.78 is 0. The molecule has 2 aromatic carbocycles. The molecule has 2 heterocycles. The van der Waals surface area contributed by atoms with E-state index < -0.39 is 0 Å². The summed E-state index contributed by atoms with van der Waals surface area (Å²) in [6.07, 6.45) is 4.58. The molecule has 1 saturated heterocycles. The highest BCUT2D eigenvalue weighted by Crippen LogP contribution is 2.18. The number of hydrogen-bond acceptors (Lipinski definition) is 5. The average molecular weight is 476 g/mol. The first-order valence-corrected chi connectivity index (χ1v) is 11.5. The van der Waals surface area contributed by atoms with Crippen molar-refractivity contribution in [3.8, 4) is 0 Å². The molecule has 0 radical (unpaired) electrons. The summed E-state index contributed by atoms with van der Waals surface area (Å²) in [6.45, 7) is 4.54. The van der Waals surface area contributed by atoms with Crippen LogP contribution in [0.15, 0.2) is 78.2 Å². The van der Waals surface area contributed by atoms with Gasteiger partial charge in [-0.15, -0.1) is 0 Å². The van der Waals surface area contributed by atoms with Crippen LogP contribution in [0.5, 0.6) is 0 Å². The van der Waals surface area contributed by atoms with Gasteiger partial charge in [-0.25, -0.2) is 5.01 Å². The number of anilines is 1. The van der Waals surface area contributed by atoms with Gasteiger partial charge in [0.15, 0.2) is 0 Å². The molecular formula is C26H26ClN5O2. The number of piperazine rings is 1. The monoisotopic (exact) mass is 475 g/mol. The van der Waals surface area contributed by atoms with E-state index in [2.05, 4.69) is 40.1 Å². The first kappa shape index (κ1) is 23.4. The van der Waals surface area contributed by atoms with E-state index >= 15 is 0 Å². The van der Waals surface area contributed by atoms with Gasteiger partial charge in [-0.2, -0.15) is 5.10 Å².